The second-order valence-electron chi connectivity index (χ2n) is 8.87. The van der Waals surface area contributed by atoms with Crippen LogP contribution in [0.3, 0.4) is 0 Å². The van der Waals surface area contributed by atoms with Crippen molar-refractivity contribution in [3.05, 3.63) is 36.0 Å². The summed E-state index contributed by atoms with van der Waals surface area (Å²) in [5, 5.41) is 0.549. The monoisotopic (exact) mass is 433 g/mol. The van der Waals surface area contributed by atoms with Crippen molar-refractivity contribution in [1.82, 2.24) is 9.88 Å². The van der Waals surface area contributed by atoms with Gasteiger partial charge in [0.15, 0.2) is 0 Å². The first-order valence-electron chi connectivity index (χ1n) is 11.4. The molecule has 7 heteroatoms. The highest BCUT2D eigenvalue weighted by Crippen LogP contribution is 2.38. The fourth-order valence-electron chi connectivity index (χ4n) is 4.94. The largest absolute Gasteiger partial charge is 0.418 e. The summed E-state index contributed by atoms with van der Waals surface area (Å²) < 4.78 is 40.1. The second kappa shape index (κ2) is 9.55. The fraction of sp³-hybridized carbons (Fsp3) is 0.583. The van der Waals surface area contributed by atoms with Crippen molar-refractivity contribution in [3.8, 4) is 0 Å². The average Bonchev–Trinajstić information content (AvgIpc) is 2.77. The van der Waals surface area contributed by atoms with Crippen molar-refractivity contribution in [3.63, 3.8) is 0 Å². The third-order valence-corrected chi connectivity index (χ3v) is 6.69. The number of aromatic nitrogens is 1. The van der Waals surface area contributed by atoms with Gasteiger partial charge in [0.25, 0.3) is 0 Å². The zero-order valence-corrected chi connectivity index (χ0v) is 17.8. The van der Waals surface area contributed by atoms with Crippen LogP contribution < -0.4 is 4.90 Å². The predicted octanol–water partition coefficient (Wildman–Crippen LogP) is 5.31. The Hall–Kier alpha value is -2.15. The van der Waals surface area contributed by atoms with Gasteiger partial charge in [-0.25, -0.2) is 0 Å². The normalized spacial score (nSPS) is 19.1. The SMILES string of the molecule is O=C(CCC1CCN(c2ccc(C(F)(F)F)c3ncccc23)CC1)CN1CCCCC1. The van der Waals surface area contributed by atoms with Gasteiger partial charge in [-0.2, -0.15) is 13.2 Å². The van der Waals surface area contributed by atoms with Crippen LogP contribution in [0.4, 0.5) is 18.9 Å². The van der Waals surface area contributed by atoms with E-state index in [4.69, 9.17) is 0 Å². The number of rotatable bonds is 6. The minimum absolute atomic E-state index is 0.0120. The number of pyridine rings is 1. The lowest BCUT2D eigenvalue weighted by Crippen LogP contribution is -2.35. The van der Waals surface area contributed by atoms with Crippen LogP contribution >= 0.6 is 0 Å². The van der Waals surface area contributed by atoms with Gasteiger partial charge in [-0.3, -0.25) is 14.7 Å². The van der Waals surface area contributed by atoms with E-state index in [1.54, 1.807) is 18.2 Å². The molecule has 1 aromatic carbocycles. The van der Waals surface area contributed by atoms with E-state index in [2.05, 4.69) is 14.8 Å². The molecule has 0 spiro atoms. The van der Waals surface area contributed by atoms with Crippen LogP contribution in [0.2, 0.25) is 0 Å². The van der Waals surface area contributed by atoms with Gasteiger partial charge >= 0.3 is 6.18 Å². The summed E-state index contributed by atoms with van der Waals surface area (Å²) >= 11 is 0. The van der Waals surface area contributed by atoms with Crippen LogP contribution in [0.1, 0.15) is 50.5 Å². The average molecular weight is 434 g/mol. The highest BCUT2D eigenvalue weighted by Gasteiger charge is 2.34. The lowest BCUT2D eigenvalue weighted by molar-refractivity contribution is -0.136. The van der Waals surface area contributed by atoms with Crippen LogP contribution in [0.5, 0.6) is 0 Å². The molecule has 4 nitrogen and oxygen atoms in total. The highest BCUT2D eigenvalue weighted by atomic mass is 19.4. The van der Waals surface area contributed by atoms with Crippen molar-refractivity contribution in [2.24, 2.45) is 5.92 Å². The molecular weight excluding hydrogens is 403 g/mol. The van der Waals surface area contributed by atoms with Gasteiger partial charge in [-0.1, -0.05) is 6.42 Å². The van der Waals surface area contributed by atoms with Gasteiger partial charge in [0.1, 0.15) is 5.78 Å². The topological polar surface area (TPSA) is 36.4 Å². The number of fused-ring (bicyclic) bond motifs is 1. The maximum absolute atomic E-state index is 13.4. The Balaban J connectivity index is 1.34. The van der Waals surface area contributed by atoms with Gasteiger partial charge in [0, 0.05) is 36.8 Å². The molecule has 0 aliphatic carbocycles. The number of benzene rings is 1. The maximum Gasteiger partial charge on any atom is 0.418 e. The van der Waals surface area contributed by atoms with Crippen LogP contribution in [-0.4, -0.2) is 48.4 Å². The van der Waals surface area contributed by atoms with Crippen molar-refractivity contribution in [1.29, 1.82) is 0 Å². The first kappa shape index (κ1) is 22.1. The fourth-order valence-corrected chi connectivity index (χ4v) is 4.94. The van der Waals surface area contributed by atoms with E-state index in [9.17, 15) is 18.0 Å². The standard InChI is InChI=1S/C24H30F3N3O/c25-24(26,27)21-8-9-22(20-5-4-12-28-23(20)21)30-15-10-18(11-16-30)6-7-19(31)17-29-13-2-1-3-14-29/h4-5,8-9,12,18H,1-3,6-7,10-11,13-17H2. The summed E-state index contributed by atoms with van der Waals surface area (Å²) in [7, 11) is 0. The van der Waals surface area contributed by atoms with Gasteiger partial charge in [0.2, 0.25) is 0 Å². The summed E-state index contributed by atoms with van der Waals surface area (Å²) in [6.45, 7) is 4.25. The number of carbonyl (C=O) groups is 1. The van der Waals surface area contributed by atoms with Crippen LogP contribution in [0.15, 0.2) is 30.5 Å². The molecule has 0 atom stereocenters. The Bertz CT molecular complexity index is 901. The number of nitrogens with zero attached hydrogens (tertiary/aromatic N) is 3. The van der Waals surface area contributed by atoms with Crippen molar-refractivity contribution < 1.29 is 18.0 Å². The molecule has 2 fully saturated rings. The highest BCUT2D eigenvalue weighted by molar-refractivity contribution is 5.94. The molecule has 1 aromatic heterocycles. The zero-order chi connectivity index (χ0) is 21.8. The smallest absolute Gasteiger partial charge is 0.371 e. The van der Waals surface area contributed by atoms with Crippen molar-refractivity contribution in [2.75, 3.05) is 37.6 Å². The third kappa shape index (κ3) is 5.37. The summed E-state index contributed by atoms with van der Waals surface area (Å²) in [6.07, 6.45) is 4.12. The van der Waals surface area contributed by atoms with E-state index in [0.717, 1.165) is 57.2 Å². The van der Waals surface area contributed by atoms with E-state index in [-0.39, 0.29) is 5.52 Å². The minimum atomic E-state index is -4.42. The summed E-state index contributed by atoms with van der Waals surface area (Å²) in [5.41, 5.74) is 0.141. The number of piperidine rings is 2. The van der Waals surface area contributed by atoms with E-state index >= 15 is 0 Å². The molecule has 0 bridgehead atoms. The zero-order valence-electron chi connectivity index (χ0n) is 17.8. The second-order valence-corrected chi connectivity index (χ2v) is 8.87. The first-order valence-corrected chi connectivity index (χ1v) is 11.4. The van der Waals surface area contributed by atoms with Crippen LogP contribution in [-0.2, 0) is 11.0 Å². The quantitative estimate of drug-likeness (QED) is 0.619. The van der Waals surface area contributed by atoms with E-state index in [1.807, 2.05) is 0 Å². The molecule has 0 amide bonds. The number of alkyl halides is 3. The maximum atomic E-state index is 13.4. The number of hydrogen-bond acceptors (Lipinski definition) is 4. The van der Waals surface area contributed by atoms with Crippen molar-refractivity contribution >= 4 is 22.4 Å². The number of anilines is 1. The van der Waals surface area contributed by atoms with Gasteiger partial charge < -0.3 is 4.90 Å². The molecule has 2 saturated heterocycles. The number of halogens is 3. The lowest BCUT2D eigenvalue weighted by atomic mass is 9.90. The number of hydrogen-bond donors (Lipinski definition) is 0. The molecule has 0 unspecified atom stereocenters. The summed E-state index contributed by atoms with van der Waals surface area (Å²) in [6, 6.07) is 6.14. The third-order valence-electron chi connectivity index (χ3n) is 6.69. The molecule has 2 aliphatic rings. The van der Waals surface area contributed by atoms with Crippen LogP contribution in [0.25, 0.3) is 10.9 Å². The molecular formula is C24H30F3N3O. The van der Waals surface area contributed by atoms with E-state index < -0.39 is 11.7 Å². The molecule has 168 valence electrons. The first-order chi connectivity index (χ1) is 14.9. The Labute approximate surface area is 181 Å². The Morgan fingerprint density at radius 3 is 2.48 bits per heavy atom. The van der Waals surface area contributed by atoms with Gasteiger partial charge in [0.05, 0.1) is 17.6 Å². The molecule has 3 heterocycles. The van der Waals surface area contributed by atoms with Crippen LogP contribution in [0, 0.1) is 5.92 Å². The molecule has 4 rings (SSSR count). The summed E-state index contributed by atoms with van der Waals surface area (Å²) in [5.74, 6) is 0.838. The Morgan fingerprint density at radius 2 is 1.77 bits per heavy atom. The molecule has 0 saturated carbocycles. The molecule has 0 radical (unpaired) electrons. The number of Topliss-reactive ketones (excluding diaryl/α,β-unsaturated/α-hetero) is 1. The van der Waals surface area contributed by atoms with Gasteiger partial charge in [-0.15, -0.1) is 0 Å². The molecule has 31 heavy (non-hydrogen) atoms. The Kier molecular flexibility index (Phi) is 6.80. The number of ketones is 1. The predicted molar refractivity (Wildman–Crippen MR) is 116 cm³/mol. The van der Waals surface area contributed by atoms with E-state index in [0.29, 0.717) is 30.1 Å². The number of likely N-dealkylation sites (tertiary alicyclic amines) is 1. The lowest BCUT2D eigenvalue weighted by Gasteiger charge is -2.34. The molecule has 2 aromatic rings. The van der Waals surface area contributed by atoms with Crippen molar-refractivity contribution in [2.45, 2.75) is 51.1 Å². The summed E-state index contributed by atoms with van der Waals surface area (Å²) in [4.78, 5) is 20.8. The minimum Gasteiger partial charge on any atom is -0.371 e. The van der Waals surface area contributed by atoms with Gasteiger partial charge in [-0.05, 0) is 75.4 Å². The molecule has 2 aliphatic heterocycles. The number of carbonyl (C=O) groups excluding carboxylic acids is 1. The van der Waals surface area contributed by atoms with E-state index in [1.165, 1.54) is 25.5 Å². The Morgan fingerprint density at radius 1 is 1.03 bits per heavy atom. The molecule has 0 N–H and O–H groups in total.